The Balaban J connectivity index is 2.62. The molecular weight excluding hydrogens is 234 g/mol. The summed E-state index contributed by atoms with van der Waals surface area (Å²) in [5, 5.41) is 20.7. The molecule has 0 spiro atoms. The third-order valence-corrected chi connectivity index (χ3v) is 2.66. The maximum atomic E-state index is 11.0. The highest BCUT2D eigenvalue weighted by Crippen LogP contribution is 2.07. The summed E-state index contributed by atoms with van der Waals surface area (Å²) in [5.41, 5.74) is 1.07. The van der Waals surface area contributed by atoms with Gasteiger partial charge in [0.25, 0.3) is 0 Å². The molecule has 5 nitrogen and oxygen atoms in total. The molecule has 0 aliphatic rings. The summed E-state index contributed by atoms with van der Waals surface area (Å²) in [6.07, 6.45) is 0. The standard InChI is InChI=1S/C13H17NO4/c1-8(2)11(13(17)18)14-7-9-3-5-10(6-4-9)12(15)16/h3-6,8,11,14H,7H2,1-2H3,(H,15,16)(H,17,18)/t11-/m0/s1. The monoisotopic (exact) mass is 251 g/mol. The lowest BCUT2D eigenvalue weighted by Gasteiger charge is -2.17. The van der Waals surface area contributed by atoms with Crippen LogP contribution in [0.3, 0.4) is 0 Å². The smallest absolute Gasteiger partial charge is 0.335 e. The van der Waals surface area contributed by atoms with Gasteiger partial charge >= 0.3 is 11.9 Å². The van der Waals surface area contributed by atoms with Gasteiger partial charge in [-0.3, -0.25) is 4.79 Å². The molecule has 0 fully saturated rings. The van der Waals surface area contributed by atoms with Gasteiger partial charge in [0.2, 0.25) is 0 Å². The highest BCUT2D eigenvalue weighted by molar-refractivity contribution is 5.87. The van der Waals surface area contributed by atoms with Crippen molar-refractivity contribution in [2.45, 2.75) is 26.4 Å². The maximum Gasteiger partial charge on any atom is 0.335 e. The van der Waals surface area contributed by atoms with Crippen molar-refractivity contribution in [3.8, 4) is 0 Å². The molecule has 1 atom stereocenters. The second-order valence-corrected chi connectivity index (χ2v) is 4.44. The third kappa shape index (κ3) is 3.85. The molecule has 0 heterocycles. The predicted octanol–water partition coefficient (Wildman–Crippen LogP) is 1.58. The zero-order chi connectivity index (χ0) is 13.7. The minimum Gasteiger partial charge on any atom is -0.480 e. The minimum absolute atomic E-state index is 0.0132. The Morgan fingerprint density at radius 2 is 1.72 bits per heavy atom. The van der Waals surface area contributed by atoms with E-state index in [4.69, 9.17) is 10.2 Å². The van der Waals surface area contributed by atoms with Gasteiger partial charge in [-0.05, 0) is 23.6 Å². The molecule has 1 aromatic rings. The van der Waals surface area contributed by atoms with Crippen molar-refractivity contribution in [2.24, 2.45) is 5.92 Å². The zero-order valence-corrected chi connectivity index (χ0v) is 10.4. The number of nitrogens with one attached hydrogen (secondary N) is 1. The number of benzene rings is 1. The number of carboxylic acids is 2. The molecule has 0 unspecified atom stereocenters. The summed E-state index contributed by atoms with van der Waals surface area (Å²) < 4.78 is 0. The van der Waals surface area contributed by atoms with Crippen molar-refractivity contribution in [1.82, 2.24) is 5.32 Å². The van der Waals surface area contributed by atoms with E-state index in [9.17, 15) is 9.59 Å². The average molecular weight is 251 g/mol. The highest BCUT2D eigenvalue weighted by Gasteiger charge is 2.20. The molecular formula is C13H17NO4. The molecule has 1 rings (SSSR count). The van der Waals surface area contributed by atoms with Gasteiger partial charge in [-0.25, -0.2) is 4.79 Å². The van der Waals surface area contributed by atoms with Crippen molar-refractivity contribution in [3.63, 3.8) is 0 Å². The molecule has 98 valence electrons. The first-order valence-corrected chi connectivity index (χ1v) is 5.70. The second kappa shape index (κ2) is 6.16. The van der Waals surface area contributed by atoms with Crippen LogP contribution in [-0.2, 0) is 11.3 Å². The summed E-state index contributed by atoms with van der Waals surface area (Å²) in [6, 6.07) is 5.75. The summed E-state index contributed by atoms with van der Waals surface area (Å²) in [5.74, 6) is -1.87. The summed E-state index contributed by atoms with van der Waals surface area (Å²) in [7, 11) is 0. The van der Waals surface area contributed by atoms with Crippen LogP contribution in [0.4, 0.5) is 0 Å². The molecule has 0 aliphatic heterocycles. The quantitative estimate of drug-likeness (QED) is 0.714. The number of carbonyl (C=O) groups is 2. The Kier molecular flexibility index (Phi) is 4.85. The highest BCUT2D eigenvalue weighted by atomic mass is 16.4. The number of rotatable bonds is 6. The van der Waals surface area contributed by atoms with Crippen LogP contribution in [0, 0.1) is 5.92 Å². The van der Waals surface area contributed by atoms with Gasteiger partial charge in [-0.2, -0.15) is 0 Å². The van der Waals surface area contributed by atoms with E-state index in [1.165, 1.54) is 12.1 Å². The minimum atomic E-state index is -0.972. The molecule has 0 amide bonds. The summed E-state index contributed by atoms with van der Waals surface area (Å²) in [4.78, 5) is 21.6. The number of hydrogen-bond donors (Lipinski definition) is 3. The molecule has 18 heavy (non-hydrogen) atoms. The molecule has 0 aliphatic carbocycles. The zero-order valence-electron chi connectivity index (χ0n) is 10.4. The molecule has 1 aromatic carbocycles. The topological polar surface area (TPSA) is 86.6 Å². The number of hydrogen-bond acceptors (Lipinski definition) is 3. The van der Waals surface area contributed by atoms with Gasteiger partial charge in [-0.15, -0.1) is 0 Å². The van der Waals surface area contributed by atoms with E-state index in [1.54, 1.807) is 12.1 Å². The van der Waals surface area contributed by atoms with E-state index in [-0.39, 0.29) is 11.5 Å². The van der Waals surface area contributed by atoms with Gasteiger partial charge in [0.1, 0.15) is 6.04 Å². The lowest BCUT2D eigenvalue weighted by atomic mass is 10.0. The van der Waals surface area contributed by atoms with E-state index in [0.717, 1.165) is 5.56 Å². The van der Waals surface area contributed by atoms with Gasteiger partial charge in [0.05, 0.1) is 5.56 Å². The lowest BCUT2D eigenvalue weighted by Crippen LogP contribution is -2.40. The summed E-state index contributed by atoms with van der Waals surface area (Å²) >= 11 is 0. The maximum absolute atomic E-state index is 11.0. The Morgan fingerprint density at radius 1 is 1.17 bits per heavy atom. The van der Waals surface area contributed by atoms with Gasteiger partial charge in [-0.1, -0.05) is 26.0 Å². The Labute approximate surface area is 105 Å². The van der Waals surface area contributed by atoms with Crippen LogP contribution in [0.5, 0.6) is 0 Å². The van der Waals surface area contributed by atoms with Crippen LogP contribution >= 0.6 is 0 Å². The van der Waals surface area contributed by atoms with Crippen LogP contribution in [0.2, 0.25) is 0 Å². The largest absolute Gasteiger partial charge is 0.480 e. The van der Waals surface area contributed by atoms with Crippen molar-refractivity contribution in [2.75, 3.05) is 0 Å². The SMILES string of the molecule is CC(C)[C@H](NCc1ccc(C(=O)O)cc1)C(=O)O. The molecule has 3 N–H and O–H groups in total. The molecule has 0 saturated carbocycles. The molecule has 5 heteroatoms. The van der Waals surface area contributed by atoms with Crippen LogP contribution < -0.4 is 5.32 Å². The number of carboxylic acid groups (broad SMARTS) is 2. The van der Waals surface area contributed by atoms with Crippen LogP contribution in [0.1, 0.15) is 29.8 Å². The third-order valence-electron chi connectivity index (χ3n) is 2.66. The van der Waals surface area contributed by atoms with Gasteiger partial charge < -0.3 is 15.5 Å². The van der Waals surface area contributed by atoms with E-state index in [0.29, 0.717) is 6.54 Å². The van der Waals surface area contributed by atoms with Crippen molar-refractivity contribution in [1.29, 1.82) is 0 Å². The lowest BCUT2D eigenvalue weighted by molar-refractivity contribution is -0.140. The fourth-order valence-electron chi connectivity index (χ4n) is 1.60. The van der Waals surface area contributed by atoms with Gasteiger partial charge in [0.15, 0.2) is 0 Å². The number of aromatic carboxylic acids is 1. The normalized spacial score (nSPS) is 12.4. The first-order valence-electron chi connectivity index (χ1n) is 5.70. The van der Waals surface area contributed by atoms with Crippen LogP contribution in [0.15, 0.2) is 24.3 Å². The first-order chi connectivity index (χ1) is 8.41. The van der Waals surface area contributed by atoms with Crippen molar-refractivity contribution >= 4 is 11.9 Å². The molecule has 0 radical (unpaired) electrons. The van der Waals surface area contributed by atoms with Crippen molar-refractivity contribution in [3.05, 3.63) is 35.4 Å². The number of aliphatic carboxylic acids is 1. The fourth-order valence-corrected chi connectivity index (χ4v) is 1.60. The summed E-state index contributed by atoms with van der Waals surface area (Å²) in [6.45, 7) is 4.06. The molecule has 0 aromatic heterocycles. The fraction of sp³-hybridized carbons (Fsp3) is 0.385. The first kappa shape index (κ1) is 14.2. The van der Waals surface area contributed by atoms with E-state index >= 15 is 0 Å². The van der Waals surface area contributed by atoms with Gasteiger partial charge in [0, 0.05) is 6.54 Å². The Bertz CT molecular complexity index is 425. The second-order valence-electron chi connectivity index (χ2n) is 4.44. The van der Waals surface area contributed by atoms with E-state index < -0.39 is 18.0 Å². The molecule has 0 saturated heterocycles. The Hall–Kier alpha value is -1.88. The van der Waals surface area contributed by atoms with Crippen LogP contribution in [-0.4, -0.2) is 28.2 Å². The molecule has 0 bridgehead atoms. The van der Waals surface area contributed by atoms with Crippen molar-refractivity contribution < 1.29 is 19.8 Å². The van der Waals surface area contributed by atoms with E-state index in [2.05, 4.69) is 5.32 Å². The van der Waals surface area contributed by atoms with E-state index in [1.807, 2.05) is 13.8 Å². The van der Waals surface area contributed by atoms with Crippen LogP contribution in [0.25, 0.3) is 0 Å². The average Bonchev–Trinajstić information content (AvgIpc) is 2.28. The Morgan fingerprint density at radius 3 is 2.11 bits per heavy atom. The predicted molar refractivity (Wildman–Crippen MR) is 66.5 cm³/mol.